The van der Waals surface area contributed by atoms with Gasteiger partial charge in [-0.15, -0.1) is 0 Å². The van der Waals surface area contributed by atoms with Crippen molar-refractivity contribution in [2.45, 2.75) is 13.3 Å². The van der Waals surface area contributed by atoms with Crippen molar-refractivity contribution in [2.24, 2.45) is 5.92 Å². The highest BCUT2D eigenvalue weighted by atomic mass is 32.2. The van der Waals surface area contributed by atoms with E-state index in [0.717, 1.165) is 6.42 Å². The number of hydrogen-bond acceptors (Lipinski definition) is 2. The van der Waals surface area contributed by atoms with Crippen LogP contribution in [0.2, 0.25) is 0 Å². The van der Waals surface area contributed by atoms with Crippen LogP contribution in [-0.4, -0.2) is 0 Å². The Kier molecular flexibility index (Phi) is 4.19. The SMILES string of the molecule is CC1C=CC2=C(C1)SC(c1ccccc1)=C(c1ccccc1)S2. The van der Waals surface area contributed by atoms with Gasteiger partial charge in [0.15, 0.2) is 0 Å². The zero-order valence-corrected chi connectivity index (χ0v) is 14.7. The van der Waals surface area contributed by atoms with Crippen LogP contribution in [0.1, 0.15) is 24.5 Å². The molecular formula is C21H18S2. The molecular weight excluding hydrogens is 316 g/mol. The van der Waals surface area contributed by atoms with E-state index in [1.807, 2.05) is 23.5 Å². The summed E-state index contributed by atoms with van der Waals surface area (Å²) < 4.78 is 0. The summed E-state index contributed by atoms with van der Waals surface area (Å²) in [4.78, 5) is 5.71. The molecule has 1 unspecified atom stereocenters. The average molecular weight is 335 g/mol. The number of rotatable bonds is 2. The average Bonchev–Trinajstić information content (AvgIpc) is 2.62. The molecule has 0 bridgehead atoms. The standard InChI is InChI=1S/C21H18S2/c1-15-12-13-18-19(14-15)23-21(17-10-6-3-7-11-17)20(22-18)16-8-4-2-5-9-16/h2-13,15H,14H2,1H3. The first-order valence-electron chi connectivity index (χ1n) is 7.93. The van der Waals surface area contributed by atoms with Crippen LogP contribution in [0.5, 0.6) is 0 Å². The molecule has 1 heterocycles. The summed E-state index contributed by atoms with van der Waals surface area (Å²) in [5, 5.41) is 0. The molecule has 0 aromatic heterocycles. The zero-order chi connectivity index (χ0) is 15.6. The van der Waals surface area contributed by atoms with E-state index in [-0.39, 0.29) is 0 Å². The maximum atomic E-state index is 2.34. The Balaban J connectivity index is 1.82. The Labute approximate surface area is 146 Å². The third kappa shape index (κ3) is 3.06. The monoisotopic (exact) mass is 334 g/mol. The summed E-state index contributed by atoms with van der Waals surface area (Å²) in [7, 11) is 0. The largest absolute Gasteiger partial charge is 0.0915 e. The minimum absolute atomic E-state index is 0.636. The van der Waals surface area contributed by atoms with E-state index in [0.29, 0.717) is 5.92 Å². The number of hydrogen-bond donors (Lipinski definition) is 0. The molecule has 0 N–H and O–H groups in total. The van der Waals surface area contributed by atoms with Crippen LogP contribution in [0.25, 0.3) is 9.81 Å². The molecule has 0 saturated heterocycles. The molecule has 2 aromatic rings. The molecule has 4 rings (SSSR count). The highest BCUT2D eigenvalue weighted by Crippen LogP contribution is 2.55. The van der Waals surface area contributed by atoms with Crippen molar-refractivity contribution in [2.75, 3.05) is 0 Å². The molecule has 0 fully saturated rings. The topological polar surface area (TPSA) is 0 Å². The smallest absolute Gasteiger partial charge is 0.0340 e. The predicted octanol–water partition coefficient (Wildman–Crippen LogP) is 6.80. The van der Waals surface area contributed by atoms with Gasteiger partial charge in [0.05, 0.1) is 0 Å². The Morgan fingerprint density at radius 3 is 1.96 bits per heavy atom. The van der Waals surface area contributed by atoms with E-state index in [1.165, 1.54) is 30.7 Å². The van der Waals surface area contributed by atoms with Crippen molar-refractivity contribution in [3.8, 4) is 0 Å². The van der Waals surface area contributed by atoms with Crippen molar-refractivity contribution in [1.29, 1.82) is 0 Å². The second-order valence-electron chi connectivity index (χ2n) is 5.92. The molecule has 23 heavy (non-hydrogen) atoms. The molecule has 2 heteroatoms. The van der Waals surface area contributed by atoms with Gasteiger partial charge in [0.25, 0.3) is 0 Å². The van der Waals surface area contributed by atoms with Crippen LogP contribution in [0.3, 0.4) is 0 Å². The highest BCUT2D eigenvalue weighted by molar-refractivity contribution is 8.20. The zero-order valence-electron chi connectivity index (χ0n) is 13.0. The summed E-state index contributed by atoms with van der Waals surface area (Å²) in [5.41, 5.74) is 2.63. The lowest BCUT2D eigenvalue weighted by molar-refractivity contribution is 0.728. The lowest BCUT2D eigenvalue weighted by Crippen LogP contribution is -2.03. The molecule has 0 nitrogen and oxygen atoms in total. The maximum Gasteiger partial charge on any atom is 0.0340 e. The predicted molar refractivity (Wildman–Crippen MR) is 105 cm³/mol. The van der Waals surface area contributed by atoms with Crippen LogP contribution in [0.4, 0.5) is 0 Å². The van der Waals surface area contributed by atoms with Gasteiger partial charge in [-0.25, -0.2) is 0 Å². The summed E-state index contributed by atoms with van der Waals surface area (Å²) in [6.07, 6.45) is 5.80. The number of benzene rings is 2. The van der Waals surface area contributed by atoms with Gasteiger partial charge in [0.2, 0.25) is 0 Å². The minimum atomic E-state index is 0.636. The highest BCUT2D eigenvalue weighted by Gasteiger charge is 2.25. The van der Waals surface area contributed by atoms with Crippen molar-refractivity contribution in [3.05, 3.63) is 93.8 Å². The first-order valence-corrected chi connectivity index (χ1v) is 9.57. The van der Waals surface area contributed by atoms with Crippen LogP contribution in [0, 0.1) is 5.92 Å². The molecule has 1 atom stereocenters. The summed E-state index contributed by atoms with van der Waals surface area (Å²) in [6, 6.07) is 21.5. The van der Waals surface area contributed by atoms with Crippen molar-refractivity contribution in [1.82, 2.24) is 0 Å². The van der Waals surface area contributed by atoms with E-state index < -0.39 is 0 Å². The first kappa shape index (κ1) is 14.9. The molecule has 1 aliphatic carbocycles. The minimum Gasteiger partial charge on any atom is -0.0915 e. The summed E-state index contributed by atoms with van der Waals surface area (Å²) in [6.45, 7) is 2.30. The van der Waals surface area contributed by atoms with Crippen LogP contribution < -0.4 is 0 Å². The van der Waals surface area contributed by atoms with Gasteiger partial charge >= 0.3 is 0 Å². The molecule has 1 aliphatic heterocycles. The molecule has 0 saturated carbocycles. The van der Waals surface area contributed by atoms with E-state index in [1.54, 1.807) is 0 Å². The van der Waals surface area contributed by atoms with Gasteiger partial charge in [-0.05, 0) is 23.5 Å². The second-order valence-corrected chi connectivity index (χ2v) is 8.08. The summed E-state index contributed by atoms with van der Waals surface area (Å²) >= 11 is 3.89. The maximum absolute atomic E-state index is 2.34. The number of thioether (sulfide) groups is 2. The van der Waals surface area contributed by atoms with Gasteiger partial charge in [0, 0.05) is 19.6 Å². The van der Waals surface area contributed by atoms with Crippen LogP contribution in [0.15, 0.2) is 82.6 Å². The van der Waals surface area contributed by atoms with Crippen molar-refractivity contribution in [3.63, 3.8) is 0 Å². The first-order chi connectivity index (χ1) is 11.3. The molecule has 0 spiro atoms. The van der Waals surface area contributed by atoms with Gasteiger partial charge in [-0.2, -0.15) is 0 Å². The third-order valence-electron chi connectivity index (χ3n) is 4.07. The molecule has 2 aliphatic rings. The fourth-order valence-corrected chi connectivity index (χ4v) is 5.63. The van der Waals surface area contributed by atoms with E-state index >= 15 is 0 Å². The second kappa shape index (κ2) is 6.46. The molecule has 0 amide bonds. The molecule has 2 aromatic carbocycles. The fourth-order valence-electron chi connectivity index (χ4n) is 2.87. The van der Waals surface area contributed by atoms with Crippen molar-refractivity contribution < 1.29 is 0 Å². The Morgan fingerprint density at radius 1 is 0.783 bits per heavy atom. The van der Waals surface area contributed by atoms with Crippen molar-refractivity contribution >= 4 is 33.3 Å². The third-order valence-corrected chi connectivity index (χ3v) is 6.86. The Morgan fingerprint density at radius 2 is 1.35 bits per heavy atom. The van der Waals surface area contributed by atoms with Gasteiger partial charge in [-0.3, -0.25) is 0 Å². The van der Waals surface area contributed by atoms with E-state index in [4.69, 9.17) is 0 Å². The Bertz CT molecular complexity index is 798. The van der Waals surface area contributed by atoms with Crippen LogP contribution >= 0.6 is 23.5 Å². The van der Waals surface area contributed by atoms with Gasteiger partial charge in [0.1, 0.15) is 0 Å². The molecule has 0 radical (unpaired) electrons. The normalized spacial score (nSPS) is 20.7. The molecule has 114 valence electrons. The quantitative estimate of drug-likeness (QED) is 0.592. The number of allylic oxidation sites excluding steroid dienone is 3. The van der Waals surface area contributed by atoms with Gasteiger partial charge < -0.3 is 0 Å². The lowest BCUT2D eigenvalue weighted by Gasteiger charge is -2.27. The summed E-state index contributed by atoms with van der Waals surface area (Å²) in [5.74, 6) is 0.636. The lowest BCUT2D eigenvalue weighted by atomic mass is 10.0. The Hall–Kier alpha value is -1.64. The van der Waals surface area contributed by atoms with Crippen LogP contribution in [-0.2, 0) is 0 Å². The van der Waals surface area contributed by atoms with Gasteiger partial charge in [-0.1, -0.05) is 103 Å². The van der Waals surface area contributed by atoms with E-state index in [2.05, 4.69) is 79.7 Å². The fraction of sp³-hybridized carbons (Fsp3) is 0.143. The van der Waals surface area contributed by atoms with E-state index in [9.17, 15) is 0 Å².